The second kappa shape index (κ2) is 11.8. The van der Waals surface area contributed by atoms with Crippen molar-refractivity contribution in [3.05, 3.63) is 59.0 Å². The van der Waals surface area contributed by atoms with Gasteiger partial charge in [0, 0.05) is 12.1 Å². The van der Waals surface area contributed by atoms with E-state index in [1.165, 1.54) is 35.2 Å². The quantitative estimate of drug-likeness (QED) is 0.607. The van der Waals surface area contributed by atoms with Crippen molar-refractivity contribution in [2.75, 3.05) is 7.18 Å². The van der Waals surface area contributed by atoms with Gasteiger partial charge >= 0.3 is 0 Å². The average Bonchev–Trinajstić information content (AvgIpc) is 2.61. The van der Waals surface area contributed by atoms with Gasteiger partial charge in [0.2, 0.25) is 0 Å². The van der Waals surface area contributed by atoms with E-state index in [1.54, 1.807) is 0 Å². The van der Waals surface area contributed by atoms with Crippen LogP contribution in [0.15, 0.2) is 42.0 Å². The minimum absolute atomic E-state index is 0.500. The number of halogens is 1. The van der Waals surface area contributed by atoms with Gasteiger partial charge in [-0.25, -0.2) is 0 Å². The van der Waals surface area contributed by atoms with Gasteiger partial charge in [-0.1, -0.05) is 56.7 Å². The molecule has 1 aromatic rings. The van der Waals surface area contributed by atoms with Crippen LogP contribution in [0.5, 0.6) is 0 Å². The molecule has 1 aliphatic carbocycles. The Morgan fingerprint density at radius 3 is 2.30 bits per heavy atom. The summed E-state index contributed by atoms with van der Waals surface area (Å²) in [6.07, 6.45) is 8.79. The number of alkyl halides is 1. The minimum Gasteiger partial charge on any atom is -0.255 e. The molecule has 0 spiro atoms. The number of pyridine rings is 1. The Bertz CT molecular complexity index is 553. The van der Waals surface area contributed by atoms with E-state index in [-0.39, 0.29) is 0 Å². The summed E-state index contributed by atoms with van der Waals surface area (Å²) < 4.78 is 9.50. The monoisotopic (exact) mass is 317 g/mol. The first-order chi connectivity index (χ1) is 11.1. The zero-order valence-electron chi connectivity index (χ0n) is 15.7. The first-order valence-electron chi connectivity index (χ1n) is 8.47. The lowest BCUT2D eigenvalue weighted by Gasteiger charge is -2.14. The molecular weight excluding hydrogens is 285 g/mol. The lowest BCUT2D eigenvalue weighted by atomic mass is 9.94. The molecule has 1 nitrogen and oxygen atoms in total. The molecule has 1 aromatic heterocycles. The highest BCUT2D eigenvalue weighted by Gasteiger charge is 2.09. The largest absolute Gasteiger partial charge is 0.255 e. The van der Waals surface area contributed by atoms with E-state index in [9.17, 15) is 4.39 Å². The first-order valence-corrected chi connectivity index (χ1v) is 8.47. The molecular formula is C21H32FN. The van der Waals surface area contributed by atoms with Crippen molar-refractivity contribution in [3.8, 4) is 0 Å². The van der Waals surface area contributed by atoms with E-state index in [2.05, 4.69) is 51.6 Å². The van der Waals surface area contributed by atoms with Crippen molar-refractivity contribution in [1.29, 1.82) is 0 Å². The number of allylic oxidation sites excluding steroid dienone is 5. The normalized spacial score (nSPS) is 12.8. The van der Waals surface area contributed by atoms with Crippen molar-refractivity contribution in [2.24, 2.45) is 0 Å². The van der Waals surface area contributed by atoms with Crippen LogP contribution in [0.3, 0.4) is 0 Å². The van der Waals surface area contributed by atoms with Gasteiger partial charge in [0.05, 0.1) is 12.9 Å². The molecule has 0 saturated heterocycles. The van der Waals surface area contributed by atoms with Crippen molar-refractivity contribution < 1.29 is 4.39 Å². The predicted molar refractivity (Wildman–Crippen MR) is 101 cm³/mol. The number of rotatable bonds is 4. The molecule has 2 heteroatoms. The highest BCUT2D eigenvalue weighted by atomic mass is 19.1. The Kier molecular flexibility index (Phi) is 10.9. The van der Waals surface area contributed by atoms with Crippen LogP contribution in [0.1, 0.15) is 63.9 Å². The molecule has 0 saturated carbocycles. The van der Waals surface area contributed by atoms with E-state index in [1.807, 2.05) is 13.8 Å². The third-order valence-corrected chi connectivity index (χ3v) is 3.83. The Morgan fingerprint density at radius 2 is 1.78 bits per heavy atom. The third kappa shape index (κ3) is 6.94. The Hall–Kier alpha value is -1.70. The van der Waals surface area contributed by atoms with Crippen LogP contribution in [-0.2, 0) is 6.42 Å². The number of aromatic nitrogens is 1. The first kappa shape index (κ1) is 21.3. The van der Waals surface area contributed by atoms with Crippen LogP contribution in [0, 0.1) is 6.92 Å². The van der Waals surface area contributed by atoms with Gasteiger partial charge in [-0.2, -0.15) is 0 Å². The summed E-state index contributed by atoms with van der Waals surface area (Å²) in [5, 5.41) is 0. The predicted octanol–water partition coefficient (Wildman–Crippen LogP) is 6.63. The Labute approximate surface area is 142 Å². The molecule has 0 aromatic carbocycles. The number of nitrogens with zero attached hydrogens (tertiary/aromatic N) is 1. The molecule has 0 aliphatic heterocycles. The second-order valence-corrected chi connectivity index (χ2v) is 5.43. The van der Waals surface area contributed by atoms with Crippen LogP contribution in [0.25, 0.3) is 5.57 Å². The molecule has 0 radical (unpaired) electrons. The number of aryl methyl sites for hydroxylation is 1. The summed E-state index contributed by atoms with van der Waals surface area (Å²) in [7, 11) is 0.500. The summed E-state index contributed by atoms with van der Waals surface area (Å²) in [4.78, 5) is 4.80. The van der Waals surface area contributed by atoms with Crippen molar-refractivity contribution in [2.45, 2.75) is 60.3 Å². The summed E-state index contributed by atoms with van der Waals surface area (Å²) in [6, 6.07) is 4.26. The second-order valence-electron chi connectivity index (χ2n) is 5.43. The molecule has 0 fully saturated rings. The standard InChI is InChI=1S/C18H23N.C2H6.CH3F/c1-5-14(3)17-11-8-15(4)18(19-17)12-16-9-6-13(2)7-10-16;2*1-2/h6,8-9,11H,3,5,7,10,12H2,1-2,4H3;1-2H3;1H3. The van der Waals surface area contributed by atoms with E-state index in [4.69, 9.17) is 4.98 Å². The lowest BCUT2D eigenvalue weighted by molar-refractivity contribution is 0.636. The van der Waals surface area contributed by atoms with Crippen LogP contribution in [0.4, 0.5) is 4.39 Å². The summed E-state index contributed by atoms with van der Waals surface area (Å²) >= 11 is 0. The maximum atomic E-state index is 9.50. The van der Waals surface area contributed by atoms with E-state index >= 15 is 0 Å². The van der Waals surface area contributed by atoms with Crippen LogP contribution >= 0.6 is 0 Å². The Morgan fingerprint density at radius 1 is 1.13 bits per heavy atom. The average molecular weight is 317 g/mol. The van der Waals surface area contributed by atoms with Crippen LogP contribution < -0.4 is 0 Å². The topological polar surface area (TPSA) is 12.9 Å². The third-order valence-electron chi connectivity index (χ3n) is 3.83. The SMILES string of the molecule is C=C(CC)c1ccc(C)c(CC2=CC=C(C)CC2)n1.CC.CF. The molecule has 128 valence electrons. The molecule has 1 aliphatic rings. The highest BCUT2D eigenvalue weighted by Crippen LogP contribution is 2.23. The molecule has 0 amide bonds. The van der Waals surface area contributed by atoms with E-state index in [0.29, 0.717) is 7.18 Å². The summed E-state index contributed by atoms with van der Waals surface area (Å²) in [6.45, 7) is 14.6. The maximum Gasteiger partial charge on any atom is 0.0785 e. The minimum atomic E-state index is 0.500. The molecule has 0 unspecified atom stereocenters. The zero-order chi connectivity index (χ0) is 17.8. The smallest absolute Gasteiger partial charge is 0.0785 e. The molecule has 23 heavy (non-hydrogen) atoms. The highest BCUT2D eigenvalue weighted by molar-refractivity contribution is 5.60. The van der Waals surface area contributed by atoms with E-state index in [0.717, 1.165) is 24.1 Å². The summed E-state index contributed by atoms with van der Waals surface area (Å²) in [5.41, 5.74) is 7.61. The molecule has 0 bridgehead atoms. The van der Waals surface area contributed by atoms with Gasteiger partial charge in [-0.05, 0) is 50.3 Å². The van der Waals surface area contributed by atoms with Gasteiger partial charge in [-0.3, -0.25) is 9.37 Å². The Balaban J connectivity index is 0.00000112. The molecule has 0 N–H and O–H groups in total. The number of hydrogen-bond donors (Lipinski definition) is 0. The summed E-state index contributed by atoms with van der Waals surface area (Å²) in [5.74, 6) is 0. The van der Waals surface area contributed by atoms with Crippen molar-refractivity contribution in [3.63, 3.8) is 0 Å². The van der Waals surface area contributed by atoms with Crippen molar-refractivity contribution >= 4 is 5.57 Å². The fraction of sp³-hybridized carbons (Fsp3) is 0.476. The van der Waals surface area contributed by atoms with Gasteiger partial charge < -0.3 is 0 Å². The van der Waals surface area contributed by atoms with Gasteiger partial charge in [0.1, 0.15) is 0 Å². The lowest BCUT2D eigenvalue weighted by Crippen LogP contribution is -2.02. The molecule has 1 heterocycles. The number of hydrogen-bond acceptors (Lipinski definition) is 1. The van der Waals surface area contributed by atoms with Crippen LogP contribution in [-0.4, -0.2) is 12.2 Å². The van der Waals surface area contributed by atoms with E-state index < -0.39 is 0 Å². The van der Waals surface area contributed by atoms with Gasteiger partial charge in [-0.15, -0.1) is 0 Å². The van der Waals surface area contributed by atoms with Gasteiger partial charge in [0.15, 0.2) is 0 Å². The fourth-order valence-corrected chi connectivity index (χ4v) is 2.27. The molecule has 0 atom stereocenters. The van der Waals surface area contributed by atoms with Gasteiger partial charge in [0.25, 0.3) is 0 Å². The zero-order valence-corrected chi connectivity index (χ0v) is 15.7. The van der Waals surface area contributed by atoms with Crippen LogP contribution in [0.2, 0.25) is 0 Å². The van der Waals surface area contributed by atoms with Crippen molar-refractivity contribution in [1.82, 2.24) is 4.98 Å². The molecule has 2 rings (SSSR count). The maximum absolute atomic E-state index is 9.50. The fourth-order valence-electron chi connectivity index (χ4n) is 2.27.